The Morgan fingerprint density at radius 2 is 1.81 bits per heavy atom. The second kappa shape index (κ2) is 8.23. The SMILES string of the molecule is CCc1ccc([C@@H](C)NC(=O)CN(C)Cc2ccc3c(c2)OCO3)cc1. The molecule has 3 rings (SSSR count). The predicted molar refractivity (Wildman–Crippen MR) is 101 cm³/mol. The molecule has 0 spiro atoms. The number of carbonyl (C=O) groups is 1. The van der Waals surface area contributed by atoms with Crippen molar-refractivity contribution in [2.45, 2.75) is 32.9 Å². The summed E-state index contributed by atoms with van der Waals surface area (Å²) >= 11 is 0. The zero-order valence-corrected chi connectivity index (χ0v) is 15.6. The molecule has 138 valence electrons. The highest BCUT2D eigenvalue weighted by Crippen LogP contribution is 2.32. The molecule has 0 fully saturated rings. The first-order valence-electron chi connectivity index (χ1n) is 9.00. The lowest BCUT2D eigenvalue weighted by molar-refractivity contribution is -0.122. The fraction of sp³-hybridized carbons (Fsp3) is 0.381. The van der Waals surface area contributed by atoms with Gasteiger partial charge in [-0.15, -0.1) is 0 Å². The molecule has 0 saturated carbocycles. The fourth-order valence-electron chi connectivity index (χ4n) is 3.06. The Morgan fingerprint density at radius 1 is 1.12 bits per heavy atom. The van der Waals surface area contributed by atoms with Crippen molar-refractivity contribution in [2.24, 2.45) is 0 Å². The molecule has 1 aliphatic heterocycles. The van der Waals surface area contributed by atoms with Crippen molar-refractivity contribution in [1.29, 1.82) is 0 Å². The average Bonchev–Trinajstić information content (AvgIpc) is 3.09. The van der Waals surface area contributed by atoms with E-state index in [1.807, 2.05) is 37.1 Å². The van der Waals surface area contributed by atoms with E-state index in [1.165, 1.54) is 5.56 Å². The molecule has 1 aliphatic rings. The van der Waals surface area contributed by atoms with Gasteiger partial charge in [0.1, 0.15) is 0 Å². The van der Waals surface area contributed by atoms with Gasteiger partial charge in [0.25, 0.3) is 0 Å². The number of hydrogen-bond donors (Lipinski definition) is 1. The Hall–Kier alpha value is -2.53. The molecule has 0 radical (unpaired) electrons. The quantitative estimate of drug-likeness (QED) is 0.829. The van der Waals surface area contributed by atoms with Crippen LogP contribution >= 0.6 is 0 Å². The van der Waals surface area contributed by atoms with E-state index < -0.39 is 0 Å². The lowest BCUT2D eigenvalue weighted by Crippen LogP contribution is -2.36. The van der Waals surface area contributed by atoms with Crippen LogP contribution in [-0.4, -0.2) is 31.2 Å². The van der Waals surface area contributed by atoms with E-state index in [1.54, 1.807) is 0 Å². The maximum absolute atomic E-state index is 12.3. The number of aryl methyl sites for hydroxylation is 1. The molecule has 1 amide bonds. The molecular weight excluding hydrogens is 328 g/mol. The van der Waals surface area contributed by atoms with E-state index in [0.717, 1.165) is 29.0 Å². The number of amides is 1. The maximum Gasteiger partial charge on any atom is 0.234 e. The summed E-state index contributed by atoms with van der Waals surface area (Å²) < 4.78 is 10.7. The minimum atomic E-state index is -0.00708. The van der Waals surface area contributed by atoms with Crippen LogP contribution in [0.2, 0.25) is 0 Å². The summed E-state index contributed by atoms with van der Waals surface area (Å²) in [5.74, 6) is 1.56. The number of rotatable bonds is 7. The number of nitrogens with one attached hydrogen (secondary N) is 1. The number of ether oxygens (including phenoxy) is 2. The average molecular weight is 354 g/mol. The number of fused-ring (bicyclic) bond motifs is 1. The molecule has 2 aromatic carbocycles. The number of carbonyl (C=O) groups excluding carboxylic acids is 1. The van der Waals surface area contributed by atoms with Crippen molar-refractivity contribution in [3.05, 3.63) is 59.2 Å². The second-order valence-electron chi connectivity index (χ2n) is 6.74. The number of benzene rings is 2. The van der Waals surface area contributed by atoms with Gasteiger partial charge in [-0.1, -0.05) is 37.3 Å². The van der Waals surface area contributed by atoms with Gasteiger partial charge in [0.15, 0.2) is 11.5 Å². The third-order valence-electron chi connectivity index (χ3n) is 4.57. The fourth-order valence-corrected chi connectivity index (χ4v) is 3.06. The third kappa shape index (κ3) is 4.55. The first-order chi connectivity index (χ1) is 12.5. The zero-order chi connectivity index (χ0) is 18.5. The van der Waals surface area contributed by atoms with E-state index in [0.29, 0.717) is 13.1 Å². The van der Waals surface area contributed by atoms with Gasteiger partial charge in [0.05, 0.1) is 12.6 Å². The normalized spacial score (nSPS) is 13.7. The molecule has 0 saturated heterocycles. The molecule has 5 nitrogen and oxygen atoms in total. The highest BCUT2D eigenvalue weighted by molar-refractivity contribution is 5.78. The lowest BCUT2D eigenvalue weighted by Gasteiger charge is -2.19. The van der Waals surface area contributed by atoms with Gasteiger partial charge >= 0.3 is 0 Å². The van der Waals surface area contributed by atoms with Crippen LogP contribution in [0.5, 0.6) is 11.5 Å². The minimum Gasteiger partial charge on any atom is -0.454 e. The van der Waals surface area contributed by atoms with Crippen molar-refractivity contribution in [2.75, 3.05) is 20.4 Å². The Labute approximate surface area is 154 Å². The topological polar surface area (TPSA) is 50.8 Å². The van der Waals surface area contributed by atoms with Crippen LogP contribution in [-0.2, 0) is 17.8 Å². The molecule has 1 atom stereocenters. The molecule has 2 aromatic rings. The summed E-state index contributed by atoms with van der Waals surface area (Å²) in [6.45, 7) is 5.43. The minimum absolute atomic E-state index is 0.00708. The second-order valence-corrected chi connectivity index (χ2v) is 6.74. The standard InChI is InChI=1S/C21H26N2O3/c1-4-16-5-8-18(9-6-16)15(2)22-21(24)13-23(3)12-17-7-10-19-20(11-17)26-14-25-19/h5-11,15H,4,12-14H2,1-3H3,(H,22,24)/t15-/m1/s1. The first kappa shape index (κ1) is 18.3. The van der Waals surface area contributed by atoms with Crippen LogP contribution in [0.25, 0.3) is 0 Å². The van der Waals surface area contributed by atoms with Crippen LogP contribution in [0, 0.1) is 0 Å². The van der Waals surface area contributed by atoms with E-state index >= 15 is 0 Å². The summed E-state index contributed by atoms with van der Waals surface area (Å²) in [5, 5.41) is 3.07. The van der Waals surface area contributed by atoms with Gasteiger partial charge in [-0.2, -0.15) is 0 Å². The van der Waals surface area contributed by atoms with Crippen LogP contribution in [0.4, 0.5) is 0 Å². The van der Waals surface area contributed by atoms with Crippen molar-refractivity contribution < 1.29 is 14.3 Å². The van der Waals surface area contributed by atoms with E-state index in [4.69, 9.17) is 9.47 Å². The van der Waals surface area contributed by atoms with Gasteiger partial charge in [0.2, 0.25) is 12.7 Å². The van der Waals surface area contributed by atoms with Crippen LogP contribution < -0.4 is 14.8 Å². The summed E-state index contributed by atoms with van der Waals surface area (Å²) in [5.41, 5.74) is 3.51. The van der Waals surface area contributed by atoms with Crippen LogP contribution in [0.3, 0.4) is 0 Å². The Balaban J connectivity index is 1.50. The molecular formula is C21H26N2O3. The zero-order valence-electron chi connectivity index (χ0n) is 15.6. The van der Waals surface area contributed by atoms with Crippen LogP contribution in [0.1, 0.15) is 36.6 Å². The molecule has 1 heterocycles. The molecule has 5 heteroatoms. The van der Waals surface area contributed by atoms with Crippen molar-refractivity contribution in [3.8, 4) is 11.5 Å². The van der Waals surface area contributed by atoms with E-state index in [9.17, 15) is 4.79 Å². The van der Waals surface area contributed by atoms with Crippen molar-refractivity contribution >= 4 is 5.91 Å². The number of likely N-dealkylation sites (N-methyl/N-ethyl adjacent to an activating group) is 1. The Morgan fingerprint density at radius 3 is 2.54 bits per heavy atom. The van der Waals surface area contributed by atoms with E-state index in [2.05, 4.69) is 36.5 Å². The third-order valence-corrected chi connectivity index (χ3v) is 4.57. The summed E-state index contributed by atoms with van der Waals surface area (Å²) in [4.78, 5) is 14.3. The van der Waals surface area contributed by atoms with Gasteiger partial charge in [-0.05, 0) is 49.2 Å². The number of nitrogens with zero attached hydrogens (tertiary/aromatic N) is 1. The summed E-state index contributed by atoms with van der Waals surface area (Å²) in [6, 6.07) is 14.3. The molecule has 26 heavy (non-hydrogen) atoms. The molecule has 0 aliphatic carbocycles. The Kier molecular flexibility index (Phi) is 5.78. The summed E-state index contributed by atoms with van der Waals surface area (Å²) in [6.07, 6.45) is 1.02. The highest BCUT2D eigenvalue weighted by atomic mass is 16.7. The molecule has 0 aromatic heterocycles. The monoisotopic (exact) mass is 354 g/mol. The van der Waals surface area contributed by atoms with Gasteiger partial charge in [-0.3, -0.25) is 9.69 Å². The van der Waals surface area contributed by atoms with Crippen molar-refractivity contribution in [1.82, 2.24) is 10.2 Å². The van der Waals surface area contributed by atoms with Gasteiger partial charge in [0, 0.05) is 6.54 Å². The molecule has 1 N–H and O–H groups in total. The summed E-state index contributed by atoms with van der Waals surface area (Å²) in [7, 11) is 1.94. The number of hydrogen-bond acceptors (Lipinski definition) is 4. The van der Waals surface area contributed by atoms with Crippen LogP contribution in [0.15, 0.2) is 42.5 Å². The maximum atomic E-state index is 12.3. The van der Waals surface area contributed by atoms with Crippen molar-refractivity contribution in [3.63, 3.8) is 0 Å². The van der Waals surface area contributed by atoms with E-state index in [-0.39, 0.29) is 18.7 Å². The van der Waals surface area contributed by atoms with Gasteiger partial charge in [-0.25, -0.2) is 0 Å². The lowest BCUT2D eigenvalue weighted by atomic mass is 10.1. The highest BCUT2D eigenvalue weighted by Gasteiger charge is 2.15. The predicted octanol–water partition coefficient (Wildman–Crippen LogP) is 3.29. The largest absolute Gasteiger partial charge is 0.454 e. The smallest absolute Gasteiger partial charge is 0.234 e. The Bertz CT molecular complexity index is 758. The molecule has 0 unspecified atom stereocenters. The molecule has 0 bridgehead atoms. The van der Waals surface area contributed by atoms with Gasteiger partial charge < -0.3 is 14.8 Å². The first-order valence-corrected chi connectivity index (χ1v) is 9.00.